The van der Waals surface area contributed by atoms with Gasteiger partial charge in [0.15, 0.2) is 0 Å². The van der Waals surface area contributed by atoms with E-state index in [4.69, 9.17) is 5.11 Å². The first-order valence-electron chi connectivity index (χ1n) is 6.16. The Morgan fingerprint density at radius 2 is 1.95 bits per heavy atom. The number of carboxylic acid groups (broad SMARTS) is 1. The summed E-state index contributed by atoms with van der Waals surface area (Å²) in [4.78, 5) is 37.3. The molecule has 2 N–H and O–H groups in total. The van der Waals surface area contributed by atoms with E-state index >= 15 is 0 Å². The van der Waals surface area contributed by atoms with Gasteiger partial charge in [-0.3, -0.25) is 14.2 Å². The lowest BCUT2D eigenvalue weighted by molar-refractivity contribution is -0.136. The van der Waals surface area contributed by atoms with Gasteiger partial charge in [0, 0.05) is 18.1 Å². The molecule has 0 bridgehead atoms. The number of carboxylic acids is 1. The monoisotopic (exact) mass is 287 g/mol. The van der Waals surface area contributed by atoms with E-state index in [-0.39, 0.29) is 18.9 Å². The first kappa shape index (κ1) is 14.4. The van der Waals surface area contributed by atoms with Crippen LogP contribution in [0.1, 0.15) is 5.56 Å². The van der Waals surface area contributed by atoms with E-state index in [0.717, 1.165) is 0 Å². The van der Waals surface area contributed by atoms with Crippen LogP contribution < -0.4 is 11.0 Å². The van der Waals surface area contributed by atoms with Crippen LogP contribution in [0, 0.1) is 0 Å². The predicted molar refractivity (Wildman–Crippen MR) is 74.9 cm³/mol. The van der Waals surface area contributed by atoms with E-state index in [1.54, 1.807) is 30.3 Å². The topological polar surface area (TPSA) is 101 Å². The van der Waals surface area contributed by atoms with Crippen molar-refractivity contribution in [3.8, 4) is 0 Å². The van der Waals surface area contributed by atoms with E-state index in [2.05, 4.69) is 10.3 Å². The minimum atomic E-state index is -0.914. The van der Waals surface area contributed by atoms with Crippen LogP contribution in [0.3, 0.4) is 0 Å². The fourth-order valence-electron chi connectivity index (χ4n) is 1.74. The number of carbonyl (C=O) groups excluding carboxylic acids is 1. The normalized spacial score (nSPS) is 10.1. The molecule has 0 saturated carbocycles. The standard InChI is InChI=1S/C14H13N3O4/c18-12(9-17-7-1-6-15-14(17)21)16-11-4-2-10(3-5-11)8-13(19)20/h1-7H,8-9H2,(H,16,18)(H,19,20). The van der Waals surface area contributed by atoms with Crippen molar-refractivity contribution in [3.05, 3.63) is 58.8 Å². The van der Waals surface area contributed by atoms with Gasteiger partial charge in [0.25, 0.3) is 0 Å². The zero-order valence-electron chi connectivity index (χ0n) is 11.0. The molecular weight excluding hydrogens is 274 g/mol. The minimum Gasteiger partial charge on any atom is -0.481 e. The van der Waals surface area contributed by atoms with Crippen molar-refractivity contribution < 1.29 is 14.7 Å². The molecule has 1 heterocycles. The van der Waals surface area contributed by atoms with Gasteiger partial charge in [-0.05, 0) is 23.8 Å². The van der Waals surface area contributed by atoms with Crippen molar-refractivity contribution in [2.45, 2.75) is 13.0 Å². The third-order valence-electron chi connectivity index (χ3n) is 2.69. The number of rotatable bonds is 5. The smallest absolute Gasteiger partial charge is 0.347 e. The second-order valence-electron chi connectivity index (χ2n) is 4.35. The number of nitrogens with zero attached hydrogens (tertiary/aromatic N) is 2. The molecule has 2 rings (SSSR count). The number of anilines is 1. The van der Waals surface area contributed by atoms with Crippen LogP contribution in [0.4, 0.5) is 5.69 Å². The maximum absolute atomic E-state index is 11.8. The summed E-state index contributed by atoms with van der Waals surface area (Å²) < 4.78 is 1.19. The Kier molecular flexibility index (Phi) is 4.45. The van der Waals surface area contributed by atoms with Gasteiger partial charge in [-0.2, -0.15) is 0 Å². The van der Waals surface area contributed by atoms with Gasteiger partial charge in [0.1, 0.15) is 6.54 Å². The number of hydrogen-bond donors (Lipinski definition) is 2. The fraction of sp³-hybridized carbons (Fsp3) is 0.143. The summed E-state index contributed by atoms with van der Waals surface area (Å²) >= 11 is 0. The molecular formula is C14H13N3O4. The van der Waals surface area contributed by atoms with Gasteiger partial charge >= 0.3 is 11.7 Å². The molecule has 0 spiro atoms. The molecule has 1 amide bonds. The number of nitrogens with one attached hydrogen (secondary N) is 1. The largest absolute Gasteiger partial charge is 0.481 e. The Labute approximate surface area is 119 Å². The van der Waals surface area contributed by atoms with Crippen LogP contribution in [0.2, 0.25) is 0 Å². The maximum atomic E-state index is 11.8. The SMILES string of the molecule is O=C(O)Cc1ccc(NC(=O)Cn2cccnc2=O)cc1. The van der Waals surface area contributed by atoms with E-state index in [1.807, 2.05) is 0 Å². The number of amides is 1. The van der Waals surface area contributed by atoms with E-state index in [9.17, 15) is 14.4 Å². The lowest BCUT2D eigenvalue weighted by Gasteiger charge is -2.07. The van der Waals surface area contributed by atoms with Crippen molar-refractivity contribution in [1.82, 2.24) is 9.55 Å². The third-order valence-corrected chi connectivity index (χ3v) is 2.69. The molecule has 0 aliphatic heterocycles. The summed E-state index contributed by atoms with van der Waals surface area (Å²) in [6, 6.07) is 8.04. The summed E-state index contributed by atoms with van der Waals surface area (Å²) in [6.45, 7) is -0.135. The van der Waals surface area contributed by atoms with Gasteiger partial charge in [-0.15, -0.1) is 0 Å². The first-order valence-corrected chi connectivity index (χ1v) is 6.16. The van der Waals surface area contributed by atoms with Gasteiger partial charge in [0.2, 0.25) is 5.91 Å². The van der Waals surface area contributed by atoms with Crippen LogP contribution >= 0.6 is 0 Å². The number of hydrogen-bond acceptors (Lipinski definition) is 4. The highest BCUT2D eigenvalue weighted by atomic mass is 16.4. The van der Waals surface area contributed by atoms with E-state index in [1.165, 1.54) is 17.0 Å². The average molecular weight is 287 g/mol. The Balaban J connectivity index is 1.98. The van der Waals surface area contributed by atoms with Crippen LogP contribution in [0.15, 0.2) is 47.5 Å². The molecule has 0 saturated heterocycles. The van der Waals surface area contributed by atoms with Gasteiger partial charge in [-0.1, -0.05) is 12.1 Å². The highest BCUT2D eigenvalue weighted by molar-refractivity contribution is 5.90. The molecule has 7 nitrogen and oxygen atoms in total. The summed E-state index contributed by atoms with van der Waals surface area (Å²) in [5.74, 6) is -1.28. The third kappa shape index (κ3) is 4.27. The maximum Gasteiger partial charge on any atom is 0.347 e. The number of carbonyl (C=O) groups is 2. The molecule has 1 aromatic carbocycles. The molecule has 108 valence electrons. The van der Waals surface area contributed by atoms with Crippen molar-refractivity contribution >= 4 is 17.6 Å². The van der Waals surface area contributed by atoms with Crippen molar-refractivity contribution in [3.63, 3.8) is 0 Å². The van der Waals surface area contributed by atoms with Gasteiger partial charge in [0.05, 0.1) is 6.42 Å². The Bertz CT molecular complexity index is 707. The summed E-state index contributed by atoms with van der Waals surface area (Å²) in [5, 5.41) is 11.3. The van der Waals surface area contributed by atoms with Crippen molar-refractivity contribution in [2.24, 2.45) is 0 Å². The molecule has 7 heteroatoms. The molecule has 2 aromatic rings. The highest BCUT2D eigenvalue weighted by Crippen LogP contribution is 2.10. The molecule has 0 aliphatic rings. The van der Waals surface area contributed by atoms with Gasteiger partial charge < -0.3 is 10.4 Å². The quantitative estimate of drug-likeness (QED) is 0.834. The first-order chi connectivity index (χ1) is 10.0. The molecule has 0 atom stereocenters. The van der Waals surface area contributed by atoms with Crippen molar-refractivity contribution in [2.75, 3.05) is 5.32 Å². The second-order valence-corrected chi connectivity index (χ2v) is 4.35. The fourth-order valence-corrected chi connectivity index (χ4v) is 1.74. The van der Waals surface area contributed by atoms with Crippen LogP contribution in [0.5, 0.6) is 0 Å². The van der Waals surface area contributed by atoms with E-state index in [0.29, 0.717) is 11.3 Å². The van der Waals surface area contributed by atoms with Crippen LogP contribution in [0.25, 0.3) is 0 Å². The second kappa shape index (κ2) is 6.47. The molecule has 0 unspecified atom stereocenters. The molecule has 0 aliphatic carbocycles. The van der Waals surface area contributed by atoms with Gasteiger partial charge in [-0.25, -0.2) is 9.78 Å². The summed E-state index contributed by atoms with van der Waals surface area (Å²) in [7, 11) is 0. The van der Waals surface area contributed by atoms with Crippen LogP contribution in [-0.4, -0.2) is 26.5 Å². The lowest BCUT2D eigenvalue weighted by Crippen LogP contribution is -2.28. The van der Waals surface area contributed by atoms with Crippen molar-refractivity contribution in [1.29, 1.82) is 0 Å². The molecule has 0 radical (unpaired) electrons. The zero-order chi connectivity index (χ0) is 15.2. The Morgan fingerprint density at radius 1 is 1.24 bits per heavy atom. The minimum absolute atomic E-state index is 0.0701. The molecule has 21 heavy (non-hydrogen) atoms. The number of benzene rings is 1. The highest BCUT2D eigenvalue weighted by Gasteiger charge is 2.06. The Hall–Kier alpha value is -2.96. The number of aromatic nitrogens is 2. The van der Waals surface area contributed by atoms with Crippen LogP contribution in [-0.2, 0) is 22.6 Å². The molecule has 1 aromatic heterocycles. The summed E-state index contributed by atoms with van der Waals surface area (Å²) in [6.07, 6.45) is 2.77. The lowest BCUT2D eigenvalue weighted by atomic mass is 10.1. The molecule has 0 fully saturated rings. The zero-order valence-corrected chi connectivity index (χ0v) is 11.0. The summed E-state index contributed by atoms with van der Waals surface area (Å²) in [5.41, 5.74) is 0.680. The van der Waals surface area contributed by atoms with E-state index < -0.39 is 11.7 Å². The average Bonchev–Trinajstić information content (AvgIpc) is 2.43. The Morgan fingerprint density at radius 3 is 2.57 bits per heavy atom. The number of aliphatic carboxylic acids is 1. The predicted octanol–water partition coefficient (Wildman–Crippen LogP) is 0.509.